The van der Waals surface area contributed by atoms with E-state index in [-0.39, 0.29) is 0 Å². The molecule has 0 aliphatic carbocycles. The highest BCUT2D eigenvalue weighted by Gasteiger charge is 2.14. The smallest absolute Gasteiger partial charge is 0.164 e. The van der Waals surface area contributed by atoms with Crippen molar-refractivity contribution >= 4 is 0 Å². The number of benzene rings is 3. The standard InChI is InChI=1S/C41H27N7/c1-3-11-29(12-4-1)39-46-40(30-13-5-2-6-14-30)48-41(47-39)31-19-17-28(18-20-31)34-22-21-32(27-44-34)33-25-37(35-15-7-9-23-42-35)45-38(26-33)36-16-8-10-24-43-36/h1-27H. The Hall–Kier alpha value is -6.73. The van der Waals surface area contributed by atoms with Crippen molar-refractivity contribution in [2.75, 3.05) is 0 Å². The normalized spacial score (nSPS) is 10.9. The molecule has 5 heterocycles. The van der Waals surface area contributed by atoms with Gasteiger partial charge in [-0.2, -0.15) is 0 Å². The summed E-state index contributed by atoms with van der Waals surface area (Å²) < 4.78 is 0. The van der Waals surface area contributed by atoms with Gasteiger partial charge in [0, 0.05) is 46.4 Å². The van der Waals surface area contributed by atoms with Crippen LogP contribution in [0.3, 0.4) is 0 Å². The van der Waals surface area contributed by atoms with Gasteiger partial charge in [-0.1, -0.05) is 103 Å². The molecule has 0 bridgehead atoms. The summed E-state index contributed by atoms with van der Waals surface area (Å²) in [5.74, 6) is 1.88. The van der Waals surface area contributed by atoms with E-state index in [2.05, 4.69) is 28.2 Å². The van der Waals surface area contributed by atoms with Gasteiger partial charge in [-0.25, -0.2) is 19.9 Å². The van der Waals surface area contributed by atoms with Crippen LogP contribution in [0.25, 0.3) is 79.3 Å². The molecule has 0 spiro atoms. The maximum atomic E-state index is 4.88. The predicted octanol–water partition coefficient (Wildman–Crippen LogP) is 9.12. The van der Waals surface area contributed by atoms with Gasteiger partial charge >= 0.3 is 0 Å². The number of nitrogens with zero attached hydrogens (tertiary/aromatic N) is 7. The maximum absolute atomic E-state index is 4.88. The molecule has 0 saturated carbocycles. The fourth-order valence-corrected chi connectivity index (χ4v) is 5.45. The maximum Gasteiger partial charge on any atom is 0.164 e. The molecule has 0 aliphatic heterocycles. The van der Waals surface area contributed by atoms with Crippen molar-refractivity contribution in [2.45, 2.75) is 0 Å². The summed E-state index contributed by atoms with van der Waals surface area (Å²) in [6, 6.07) is 48.0. The lowest BCUT2D eigenvalue weighted by molar-refractivity contribution is 1.07. The van der Waals surface area contributed by atoms with Crippen LogP contribution < -0.4 is 0 Å². The van der Waals surface area contributed by atoms with E-state index in [1.54, 1.807) is 12.4 Å². The zero-order chi connectivity index (χ0) is 32.1. The van der Waals surface area contributed by atoms with E-state index in [1.165, 1.54) is 0 Å². The van der Waals surface area contributed by atoms with Gasteiger partial charge < -0.3 is 0 Å². The van der Waals surface area contributed by atoms with Crippen LogP contribution in [0.2, 0.25) is 0 Å². The molecule has 0 fully saturated rings. The number of pyridine rings is 4. The zero-order valence-electron chi connectivity index (χ0n) is 25.7. The summed E-state index contributed by atoms with van der Waals surface area (Å²) >= 11 is 0. The van der Waals surface area contributed by atoms with Crippen molar-refractivity contribution in [1.29, 1.82) is 0 Å². The fraction of sp³-hybridized carbons (Fsp3) is 0. The number of hydrogen-bond acceptors (Lipinski definition) is 7. The van der Waals surface area contributed by atoms with E-state index in [4.69, 9.17) is 24.9 Å². The molecule has 8 rings (SSSR count). The van der Waals surface area contributed by atoms with Crippen molar-refractivity contribution in [1.82, 2.24) is 34.9 Å². The second-order valence-corrected chi connectivity index (χ2v) is 11.1. The third kappa shape index (κ3) is 6.08. The van der Waals surface area contributed by atoms with Crippen molar-refractivity contribution in [3.63, 3.8) is 0 Å². The molecule has 0 aliphatic rings. The molecule has 8 aromatic rings. The molecule has 0 unspecified atom stereocenters. The van der Waals surface area contributed by atoms with Gasteiger partial charge in [0.25, 0.3) is 0 Å². The van der Waals surface area contributed by atoms with Crippen molar-refractivity contribution < 1.29 is 0 Å². The Morgan fingerprint density at radius 2 is 0.729 bits per heavy atom. The summed E-state index contributed by atoms with van der Waals surface area (Å²) in [6.07, 6.45) is 5.45. The summed E-state index contributed by atoms with van der Waals surface area (Å²) in [5.41, 5.74) is 9.73. The second-order valence-electron chi connectivity index (χ2n) is 11.1. The minimum Gasteiger partial charge on any atom is -0.256 e. The molecule has 0 radical (unpaired) electrons. The number of rotatable bonds is 7. The molecule has 0 amide bonds. The minimum atomic E-state index is 0.614. The molecule has 7 heteroatoms. The molecule has 0 saturated heterocycles. The largest absolute Gasteiger partial charge is 0.256 e. The van der Waals surface area contributed by atoms with E-state index < -0.39 is 0 Å². The van der Waals surface area contributed by atoms with Crippen LogP contribution in [0.5, 0.6) is 0 Å². The highest BCUT2D eigenvalue weighted by atomic mass is 15.0. The lowest BCUT2D eigenvalue weighted by Gasteiger charge is -2.10. The average Bonchev–Trinajstić information content (AvgIpc) is 3.19. The fourth-order valence-electron chi connectivity index (χ4n) is 5.45. The highest BCUT2D eigenvalue weighted by Crippen LogP contribution is 2.31. The van der Waals surface area contributed by atoms with E-state index in [0.29, 0.717) is 17.5 Å². The summed E-state index contributed by atoms with van der Waals surface area (Å²) in [4.78, 5) is 33.3. The van der Waals surface area contributed by atoms with Crippen LogP contribution in [0.1, 0.15) is 0 Å². The van der Waals surface area contributed by atoms with E-state index >= 15 is 0 Å². The Kier molecular flexibility index (Phi) is 7.74. The highest BCUT2D eigenvalue weighted by molar-refractivity contribution is 5.76. The molecule has 5 aromatic heterocycles. The monoisotopic (exact) mass is 617 g/mol. The van der Waals surface area contributed by atoms with Crippen LogP contribution >= 0.6 is 0 Å². The van der Waals surface area contributed by atoms with Gasteiger partial charge in [0.2, 0.25) is 0 Å². The van der Waals surface area contributed by atoms with Crippen molar-refractivity contribution in [3.8, 4) is 79.3 Å². The average molecular weight is 618 g/mol. The first-order valence-electron chi connectivity index (χ1n) is 15.6. The number of hydrogen-bond donors (Lipinski definition) is 0. The van der Waals surface area contributed by atoms with Gasteiger partial charge in [-0.15, -0.1) is 0 Å². The first-order chi connectivity index (χ1) is 23.8. The van der Waals surface area contributed by atoms with Gasteiger partial charge in [0.05, 0.1) is 28.5 Å². The third-order valence-electron chi connectivity index (χ3n) is 7.92. The molecule has 7 nitrogen and oxygen atoms in total. The third-order valence-corrected chi connectivity index (χ3v) is 7.92. The Morgan fingerprint density at radius 1 is 0.271 bits per heavy atom. The molecular formula is C41H27N7. The van der Waals surface area contributed by atoms with Gasteiger partial charge in [0.1, 0.15) is 0 Å². The molecule has 48 heavy (non-hydrogen) atoms. The summed E-state index contributed by atoms with van der Waals surface area (Å²) in [6.45, 7) is 0. The zero-order valence-corrected chi connectivity index (χ0v) is 25.7. The van der Waals surface area contributed by atoms with Crippen LogP contribution in [0, 0.1) is 0 Å². The van der Waals surface area contributed by atoms with Crippen LogP contribution in [-0.2, 0) is 0 Å². The van der Waals surface area contributed by atoms with Gasteiger partial charge in [-0.05, 0) is 48.0 Å². The first kappa shape index (κ1) is 28.7. The molecular weight excluding hydrogens is 591 g/mol. The minimum absolute atomic E-state index is 0.614. The lowest BCUT2D eigenvalue weighted by Crippen LogP contribution is -2.00. The van der Waals surface area contributed by atoms with Crippen LogP contribution in [0.4, 0.5) is 0 Å². The Labute approximate surface area is 277 Å². The molecule has 3 aromatic carbocycles. The molecule has 0 atom stereocenters. The van der Waals surface area contributed by atoms with Gasteiger partial charge in [0.15, 0.2) is 17.5 Å². The Balaban J connectivity index is 1.11. The first-order valence-corrected chi connectivity index (χ1v) is 15.6. The summed E-state index contributed by atoms with van der Waals surface area (Å²) in [5, 5.41) is 0. The quantitative estimate of drug-likeness (QED) is 0.176. The number of aromatic nitrogens is 7. The molecule has 226 valence electrons. The van der Waals surface area contributed by atoms with Crippen molar-refractivity contribution in [2.24, 2.45) is 0 Å². The summed E-state index contributed by atoms with van der Waals surface area (Å²) in [7, 11) is 0. The van der Waals surface area contributed by atoms with Crippen LogP contribution in [0.15, 0.2) is 164 Å². The van der Waals surface area contributed by atoms with Crippen molar-refractivity contribution in [3.05, 3.63) is 164 Å². The van der Waals surface area contributed by atoms with E-state index in [1.807, 2.05) is 134 Å². The Morgan fingerprint density at radius 3 is 1.19 bits per heavy atom. The van der Waals surface area contributed by atoms with E-state index in [0.717, 1.165) is 61.9 Å². The van der Waals surface area contributed by atoms with E-state index in [9.17, 15) is 0 Å². The Bertz CT molecular complexity index is 2010. The lowest BCUT2D eigenvalue weighted by atomic mass is 10.0. The SMILES string of the molecule is c1ccc(-c2nc(-c3ccccc3)nc(-c3ccc(-c4ccc(-c5cc(-c6ccccn6)nc(-c6ccccn6)c5)cn4)cc3)n2)cc1. The predicted molar refractivity (Wildman–Crippen MR) is 189 cm³/mol. The molecule has 0 N–H and O–H groups in total. The second kappa shape index (κ2) is 12.9. The van der Waals surface area contributed by atoms with Crippen LogP contribution in [-0.4, -0.2) is 34.9 Å². The topological polar surface area (TPSA) is 90.2 Å². The van der Waals surface area contributed by atoms with Gasteiger partial charge in [-0.3, -0.25) is 15.0 Å².